The molecular formula is C26H33FN6O. The average molecular weight is 465 g/mol. The van der Waals surface area contributed by atoms with Crippen LogP contribution in [0.5, 0.6) is 5.75 Å². The third-order valence-corrected chi connectivity index (χ3v) is 7.30. The molecule has 0 radical (unpaired) electrons. The summed E-state index contributed by atoms with van der Waals surface area (Å²) >= 11 is 0. The van der Waals surface area contributed by atoms with Crippen LogP contribution in [0.25, 0.3) is 0 Å². The number of benzene rings is 2. The van der Waals surface area contributed by atoms with Gasteiger partial charge in [0, 0.05) is 37.8 Å². The molecule has 1 aromatic heterocycles. The van der Waals surface area contributed by atoms with E-state index in [9.17, 15) is 0 Å². The van der Waals surface area contributed by atoms with Gasteiger partial charge in [0.1, 0.15) is 17.6 Å². The number of tetrazole rings is 1. The van der Waals surface area contributed by atoms with Gasteiger partial charge in [-0.25, -0.2) is 9.07 Å². The minimum atomic E-state index is -0.331. The van der Waals surface area contributed by atoms with Gasteiger partial charge in [-0.1, -0.05) is 49.6 Å². The second-order valence-electron chi connectivity index (χ2n) is 9.33. The molecule has 1 saturated carbocycles. The fourth-order valence-corrected chi connectivity index (χ4v) is 5.43. The first-order chi connectivity index (χ1) is 16.7. The zero-order chi connectivity index (χ0) is 23.3. The van der Waals surface area contributed by atoms with E-state index < -0.39 is 0 Å². The summed E-state index contributed by atoms with van der Waals surface area (Å²) < 4.78 is 22.1. The minimum Gasteiger partial charge on any atom is -0.497 e. The maximum Gasteiger partial charge on any atom is 0.173 e. The molecule has 1 aliphatic heterocycles. The largest absolute Gasteiger partial charge is 0.497 e. The Morgan fingerprint density at radius 3 is 2.41 bits per heavy atom. The Labute approximate surface area is 200 Å². The first-order valence-electron chi connectivity index (χ1n) is 12.3. The lowest BCUT2D eigenvalue weighted by Crippen LogP contribution is -2.52. The molecule has 8 heteroatoms. The summed E-state index contributed by atoms with van der Waals surface area (Å²) in [7, 11) is 1.65. The number of rotatable bonds is 7. The van der Waals surface area contributed by atoms with Gasteiger partial charge in [-0.2, -0.15) is 0 Å². The van der Waals surface area contributed by atoms with Crippen LogP contribution in [0, 0.1) is 5.82 Å². The molecule has 0 N–H and O–H groups in total. The van der Waals surface area contributed by atoms with Crippen LogP contribution in [0.3, 0.4) is 0 Å². The van der Waals surface area contributed by atoms with Crippen LogP contribution in [-0.4, -0.2) is 69.3 Å². The van der Waals surface area contributed by atoms with Gasteiger partial charge in [-0.05, 0) is 47.0 Å². The van der Waals surface area contributed by atoms with E-state index in [2.05, 4.69) is 25.3 Å². The second kappa shape index (κ2) is 10.6. The number of hydrogen-bond donors (Lipinski definition) is 0. The summed E-state index contributed by atoms with van der Waals surface area (Å²) in [6, 6.07) is 15.2. The summed E-state index contributed by atoms with van der Waals surface area (Å²) in [5, 5.41) is 12.7. The van der Waals surface area contributed by atoms with Gasteiger partial charge < -0.3 is 4.74 Å². The van der Waals surface area contributed by atoms with Crippen LogP contribution in [0.2, 0.25) is 0 Å². The molecule has 2 aromatic carbocycles. The fraction of sp³-hybridized carbons (Fsp3) is 0.500. The first kappa shape index (κ1) is 22.9. The number of nitrogens with zero attached hydrogens (tertiary/aromatic N) is 6. The summed E-state index contributed by atoms with van der Waals surface area (Å²) in [5.74, 6) is 1.26. The number of halogens is 1. The highest BCUT2D eigenvalue weighted by atomic mass is 19.1. The van der Waals surface area contributed by atoms with Crippen molar-refractivity contribution in [2.45, 2.75) is 50.7 Å². The Hall–Kier alpha value is -2.84. The van der Waals surface area contributed by atoms with Crippen LogP contribution in [0.15, 0.2) is 48.5 Å². The van der Waals surface area contributed by atoms with E-state index >= 15 is 4.39 Å². The molecule has 0 bridgehead atoms. The summed E-state index contributed by atoms with van der Waals surface area (Å²) in [6.45, 7) is 4.24. The minimum absolute atomic E-state index is 0.221. The molecule has 2 fully saturated rings. The Morgan fingerprint density at radius 1 is 0.971 bits per heavy atom. The van der Waals surface area contributed by atoms with Crippen molar-refractivity contribution in [3.05, 3.63) is 71.3 Å². The van der Waals surface area contributed by atoms with Crippen molar-refractivity contribution >= 4 is 0 Å². The standard InChI is InChI=1S/C26H33FN6O/c1-34-22-13-11-20(12-14-22)19-33-26(28-29-30-33)25(23-9-5-6-10-24(23)27)32-17-15-31(16-18-32)21-7-3-2-4-8-21/h5-6,9-14,21,25H,2-4,7-8,15-19H2,1H3. The summed E-state index contributed by atoms with van der Waals surface area (Å²) in [5.41, 5.74) is 1.68. The molecule has 1 unspecified atom stereocenters. The van der Waals surface area contributed by atoms with Gasteiger partial charge >= 0.3 is 0 Å². The zero-order valence-corrected chi connectivity index (χ0v) is 19.8. The number of ether oxygens (including phenoxy) is 1. The fourth-order valence-electron chi connectivity index (χ4n) is 5.43. The van der Waals surface area contributed by atoms with Crippen molar-refractivity contribution in [3.63, 3.8) is 0 Å². The van der Waals surface area contributed by atoms with E-state index in [1.54, 1.807) is 17.9 Å². The smallest absolute Gasteiger partial charge is 0.173 e. The maximum atomic E-state index is 15.1. The van der Waals surface area contributed by atoms with Crippen molar-refractivity contribution in [1.82, 2.24) is 30.0 Å². The van der Waals surface area contributed by atoms with Crippen LogP contribution in [0.4, 0.5) is 4.39 Å². The monoisotopic (exact) mass is 464 g/mol. The van der Waals surface area contributed by atoms with Crippen LogP contribution in [0.1, 0.15) is 55.1 Å². The maximum absolute atomic E-state index is 15.1. The van der Waals surface area contributed by atoms with Gasteiger partial charge in [-0.3, -0.25) is 9.80 Å². The van der Waals surface area contributed by atoms with Crippen molar-refractivity contribution < 1.29 is 9.13 Å². The average Bonchev–Trinajstić information content (AvgIpc) is 3.34. The third-order valence-electron chi connectivity index (χ3n) is 7.30. The molecule has 1 atom stereocenters. The van der Waals surface area contributed by atoms with Gasteiger partial charge in [0.2, 0.25) is 0 Å². The molecule has 2 heterocycles. The Bertz CT molecular complexity index is 1060. The Morgan fingerprint density at radius 2 is 1.71 bits per heavy atom. The van der Waals surface area contributed by atoms with E-state index in [0.717, 1.165) is 37.5 Å². The number of aromatic nitrogens is 4. The predicted octanol–water partition coefficient (Wildman–Crippen LogP) is 3.91. The Kier molecular flexibility index (Phi) is 7.16. The van der Waals surface area contributed by atoms with Crippen LogP contribution < -0.4 is 4.74 Å². The van der Waals surface area contributed by atoms with E-state index in [1.165, 1.54) is 38.2 Å². The Balaban J connectivity index is 1.39. The van der Waals surface area contributed by atoms with Crippen molar-refractivity contribution in [1.29, 1.82) is 0 Å². The molecule has 180 valence electrons. The lowest BCUT2D eigenvalue weighted by atomic mass is 9.93. The van der Waals surface area contributed by atoms with Crippen LogP contribution in [-0.2, 0) is 6.54 Å². The molecule has 34 heavy (non-hydrogen) atoms. The molecule has 3 aromatic rings. The number of methoxy groups -OCH3 is 1. The van der Waals surface area contributed by atoms with Gasteiger partial charge in [0.15, 0.2) is 5.82 Å². The molecular weight excluding hydrogens is 431 g/mol. The highest BCUT2D eigenvalue weighted by Gasteiger charge is 2.34. The van der Waals surface area contributed by atoms with Crippen LogP contribution >= 0.6 is 0 Å². The summed E-state index contributed by atoms with van der Waals surface area (Å²) in [6.07, 6.45) is 6.64. The molecule has 2 aliphatic rings. The second-order valence-corrected chi connectivity index (χ2v) is 9.33. The zero-order valence-electron chi connectivity index (χ0n) is 19.8. The third kappa shape index (κ3) is 4.98. The topological polar surface area (TPSA) is 59.3 Å². The van der Waals surface area contributed by atoms with Gasteiger partial charge in [0.05, 0.1) is 13.7 Å². The SMILES string of the molecule is COc1ccc(Cn2nnnc2C(c2ccccc2F)N2CCN(C3CCCCC3)CC2)cc1. The van der Waals surface area contributed by atoms with Gasteiger partial charge in [-0.15, -0.1) is 5.10 Å². The quantitative estimate of drug-likeness (QED) is 0.529. The van der Waals surface area contributed by atoms with E-state index in [-0.39, 0.29) is 11.9 Å². The predicted molar refractivity (Wildman–Crippen MR) is 128 cm³/mol. The number of piperazine rings is 1. The van der Waals surface area contributed by atoms with E-state index in [0.29, 0.717) is 24.0 Å². The highest BCUT2D eigenvalue weighted by molar-refractivity contribution is 5.29. The van der Waals surface area contributed by atoms with Crippen molar-refractivity contribution in [3.8, 4) is 5.75 Å². The normalized spacial score (nSPS) is 19.2. The van der Waals surface area contributed by atoms with Crippen molar-refractivity contribution in [2.24, 2.45) is 0 Å². The molecule has 0 spiro atoms. The molecule has 0 amide bonds. The van der Waals surface area contributed by atoms with Crippen molar-refractivity contribution in [2.75, 3.05) is 33.3 Å². The van der Waals surface area contributed by atoms with Gasteiger partial charge in [0.25, 0.3) is 0 Å². The molecule has 5 rings (SSSR count). The summed E-state index contributed by atoms with van der Waals surface area (Å²) in [4.78, 5) is 4.97. The lowest BCUT2D eigenvalue weighted by Gasteiger charge is -2.43. The molecule has 1 aliphatic carbocycles. The highest BCUT2D eigenvalue weighted by Crippen LogP contribution is 2.31. The lowest BCUT2D eigenvalue weighted by molar-refractivity contribution is 0.0613. The first-order valence-corrected chi connectivity index (χ1v) is 12.3. The number of hydrogen-bond acceptors (Lipinski definition) is 6. The van der Waals surface area contributed by atoms with E-state index in [1.807, 2.05) is 36.4 Å². The molecule has 7 nitrogen and oxygen atoms in total. The molecule has 1 saturated heterocycles. The van der Waals surface area contributed by atoms with E-state index in [4.69, 9.17) is 4.74 Å².